The van der Waals surface area contributed by atoms with Gasteiger partial charge in [0.05, 0.1) is 5.69 Å². The van der Waals surface area contributed by atoms with Crippen LogP contribution in [0.4, 0.5) is 10.5 Å². The number of carbonyl (C=O) groups is 3. The number of amides is 4. The lowest BCUT2D eigenvalue weighted by Crippen LogP contribution is -2.54. The van der Waals surface area contributed by atoms with Crippen molar-refractivity contribution in [3.05, 3.63) is 76.8 Å². The van der Waals surface area contributed by atoms with Gasteiger partial charge in [0.15, 0.2) is 0 Å². The van der Waals surface area contributed by atoms with E-state index in [0.29, 0.717) is 22.0 Å². The molecule has 0 bridgehead atoms. The molecule has 29 heavy (non-hydrogen) atoms. The Morgan fingerprint density at radius 3 is 2.52 bits per heavy atom. The summed E-state index contributed by atoms with van der Waals surface area (Å²) in [5.74, 6) is -1.08. The quantitative estimate of drug-likeness (QED) is 0.441. The molecule has 0 aliphatic carbocycles. The smallest absolute Gasteiger partial charge is 0.335 e. The molecule has 0 spiro atoms. The highest BCUT2D eigenvalue weighted by Crippen LogP contribution is 2.28. The van der Waals surface area contributed by atoms with Gasteiger partial charge in [0.2, 0.25) is 0 Å². The number of imide groups is 2. The van der Waals surface area contributed by atoms with Gasteiger partial charge in [-0.15, -0.1) is 0 Å². The highest BCUT2D eigenvalue weighted by Gasteiger charge is 2.37. The standard InChI is InChI=1S/C22H19ClN2O4/c1-3-11-29-19-10-7-16(23)12-15(19)13-18-20(26)24-22(28)25(21(18)27)17-8-5-14(4-2)6-9-17/h3,5-10,12-13H,1,4,11H2,2H3,(H,24,26,28)/b18-13+. The third-order valence-corrected chi connectivity index (χ3v) is 4.57. The Kier molecular flexibility index (Phi) is 6.14. The fraction of sp³-hybridized carbons (Fsp3) is 0.136. The van der Waals surface area contributed by atoms with Crippen molar-refractivity contribution in [3.8, 4) is 5.75 Å². The van der Waals surface area contributed by atoms with E-state index in [2.05, 4.69) is 11.9 Å². The zero-order chi connectivity index (χ0) is 21.0. The number of hydrogen-bond acceptors (Lipinski definition) is 4. The first kappa shape index (κ1) is 20.4. The number of halogens is 1. The van der Waals surface area contributed by atoms with Crippen LogP contribution in [0.3, 0.4) is 0 Å². The maximum absolute atomic E-state index is 13.0. The highest BCUT2D eigenvalue weighted by molar-refractivity contribution is 6.39. The first-order valence-corrected chi connectivity index (χ1v) is 9.36. The molecule has 1 aliphatic heterocycles. The molecule has 0 radical (unpaired) electrons. The van der Waals surface area contributed by atoms with Crippen LogP contribution < -0.4 is 15.0 Å². The second-order valence-electron chi connectivity index (χ2n) is 6.26. The first-order chi connectivity index (χ1) is 13.9. The van der Waals surface area contributed by atoms with Crippen molar-refractivity contribution >= 4 is 41.2 Å². The van der Waals surface area contributed by atoms with Crippen LogP contribution in [0.2, 0.25) is 5.02 Å². The first-order valence-electron chi connectivity index (χ1n) is 8.98. The van der Waals surface area contributed by atoms with Gasteiger partial charge in [0.1, 0.15) is 17.9 Å². The maximum Gasteiger partial charge on any atom is 0.335 e. The number of hydrogen-bond donors (Lipinski definition) is 1. The van der Waals surface area contributed by atoms with Crippen LogP contribution >= 0.6 is 11.6 Å². The van der Waals surface area contributed by atoms with Crippen LogP contribution in [0.15, 0.2) is 60.7 Å². The Hall–Kier alpha value is -3.38. The van der Waals surface area contributed by atoms with E-state index in [9.17, 15) is 14.4 Å². The molecule has 0 atom stereocenters. The van der Waals surface area contributed by atoms with Gasteiger partial charge in [-0.05, 0) is 48.4 Å². The van der Waals surface area contributed by atoms with E-state index in [1.165, 1.54) is 6.08 Å². The van der Waals surface area contributed by atoms with Crippen molar-refractivity contribution in [2.45, 2.75) is 13.3 Å². The van der Waals surface area contributed by atoms with Crippen LogP contribution in [0.5, 0.6) is 5.75 Å². The van der Waals surface area contributed by atoms with Gasteiger partial charge < -0.3 is 4.74 Å². The van der Waals surface area contributed by atoms with E-state index in [-0.39, 0.29) is 12.2 Å². The Morgan fingerprint density at radius 1 is 1.14 bits per heavy atom. The predicted molar refractivity (Wildman–Crippen MR) is 112 cm³/mol. The second-order valence-corrected chi connectivity index (χ2v) is 6.70. The average Bonchev–Trinajstić information content (AvgIpc) is 2.71. The molecule has 3 rings (SSSR count). The Labute approximate surface area is 173 Å². The number of nitrogens with one attached hydrogen (secondary N) is 1. The third-order valence-electron chi connectivity index (χ3n) is 4.33. The molecule has 1 saturated heterocycles. The summed E-state index contributed by atoms with van der Waals surface area (Å²) >= 11 is 6.06. The second kappa shape index (κ2) is 8.75. The van der Waals surface area contributed by atoms with Crippen LogP contribution in [0.25, 0.3) is 6.08 Å². The maximum atomic E-state index is 13.0. The number of benzene rings is 2. The zero-order valence-corrected chi connectivity index (χ0v) is 16.5. The minimum Gasteiger partial charge on any atom is -0.489 e. The molecular weight excluding hydrogens is 392 g/mol. The Balaban J connectivity index is 2.01. The summed E-state index contributed by atoms with van der Waals surface area (Å²) < 4.78 is 5.57. The Morgan fingerprint density at radius 2 is 1.86 bits per heavy atom. The summed E-state index contributed by atoms with van der Waals surface area (Å²) in [7, 11) is 0. The summed E-state index contributed by atoms with van der Waals surface area (Å²) in [6.07, 6.45) is 3.76. The molecule has 1 heterocycles. The molecule has 1 fully saturated rings. The molecule has 6 nitrogen and oxygen atoms in total. The highest BCUT2D eigenvalue weighted by atomic mass is 35.5. The van der Waals surface area contributed by atoms with Crippen molar-refractivity contribution in [2.24, 2.45) is 0 Å². The number of carbonyl (C=O) groups excluding carboxylic acids is 3. The van der Waals surface area contributed by atoms with E-state index < -0.39 is 17.8 Å². The number of rotatable bonds is 6. The zero-order valence-electron chi connectivity index (χ0n) is 15.8. The van der Waals surface area contributed by atoms with E-state index in [4.69, 9.17) is 16.3 Å². The molecule has 2 aromatic rings. The molecule has 148 valence electrons. The predicted octanol–water partition coefficient (Wildman–Crippen LogP) is 4.13. The summed E-state index contributed by atoms with van der Waals surface area (Å²) in [4.78, 5) is 38.6. The topological polar surface area (TPSA) is 75.7 Å². The lowest BCUT2D eigenvalue weighted by atomic mass is 10.1. The number of aryl methyl sites for hydroxylation is 1. The normalized spacial score (nSPS) is 15.4. The molecule has 2 aromatic carbocycles. The molecular formula is C22H19ClN2O4. The summed E-state index contributed by atoms with van der Waals surface area (Å²) in [5.41, 5.74) is 1.68. The van der Waals surface area contributed by atoms with Gasteiger partial charge in [-0.3, -0.25) is 14.9 Å². The van der Waals surface area contributed by atoms with Crippen molar-refractivity contribution < 1.29 is 19.1 Å². The van der Waals surface area contributed by atoms with Gasteiger partial charge in [0, 0.05) is 10.6 Å². The monoisotopic (exact) mass is 410 g/mol. The minimum absolute atomic E-state index is 0.199. The molecule has 4 amide bonds. The molecule has 7 heteroatoms. The fourth-order valence-electron chi connectivity index (χ4n) is 2.84. The molecule has 1 aliphatic rings. The fourth-order valence-corrected chi connectivity index (χ4v) is 3.02. The van der Waals surface area contributed by atoms with E-state index in [1.807, 2.05) is 19.1 Å². The van der Waals surface area contributed by atoms with E-state index in [1.54, 1.807) is 36.4 Å². The van der Waals surface area contributed by atoms with Gasteiger partial charge >= 0.3 is 6.03 Å². The number of anilines is 1. The van der Waals surface area contributed by atoms with Crippen LogP contribution in [0.1, 0.15) is 18.1 Å². The largest absolute Gasteiger partial charge is 0.489 e. The minimum atomic E-state index is -0.796. The molecule has 0 aromatic heterocycles. The third kappa shape index (κ3) is 4.38. The summed E-state index contributed by atoms with van der Waals surface area (Å²) in [6, 6.07) is 11.0. The van der Waals surface area contributed by atoms with Crippen molar-refractivity contribution in [2.75, 3.05) is 11.5 Å². The van der Waals surface area contributed by atoms with Gasteiger partial charge in [-0.25, -0.2) is 9.69 Å². The van der Waals surface area contributed by atoms with Crippen LogP contribution in [-0.2, 0) is 16.0 Å². The van der Waals surface area contributed by atoms with Gasteiger partial charge in [-0.2, -0.15) is 0 Å². The SMILES string of the molecule is C=CCOc1ccc(Cl)cc1/C=C1\C(=O)NC(=O)N(c2ccc(CC)cc2)C1=O. The van der Waals surface area contributed by atoms with Crippen LogP contribution in [0, 0.1) is 0 Å². The number of nitrogens with zero attached hydrogens (tertiary/aromatic N) is 1. The van der Waals surface area contributed by atoms with E-state index >= 15 is 0 Å². The summed E-state index contributed by atoms with van der Waals surface area (Å²) in [6.45, 7) is 5.84. The number of urea groups is 1. The number of barbiturate groups is 1. The van der Waals surface area contributed by atoms with Gasteiger partial charge in [-0.1, -0.05) is 43.3 Å². The van der Waals surface area contributed by atoms with Crippen molar-refractivity contribution in [3.63, 3.8) is 0 Å². The lowest BCUT2D eigenvalue weighted by Gasteiger charge is -2.26. The summed E-state index contributed by atoms with van der Waals surface area (Å²) in [5, 5.41) is 2.62. The molecule has 0 unspecified atom stereocenters. The Bertz CT molecular complexity index is 1010. The lowest BCUT2D eigenvalue weighted by molar-refractivity contribution is -0.122. The molecule has 0 saturated carbocycles. The van der Waals surface area contributed by atoms with E-state index in [0.717, 1.165) is 16.9 Å². The average molecular weight is 411 g/mol. The van der Waals surface area contributed by atoms with Crippen LogP contribution in [-0.4, -0.2) is 24.5 Å². The van der Waals surface area contributed by atoms with Gasteiger partial charge in [0.25, 0.3) is 11.8 Å². The van der Waals surface area contributed by atoms with Crippen molar-refractivity contribution in [1.82, 2.24) is 5.32 Å². The van der Waals surface area contributed by atoms with Crippen molar-refractivity contribution in [1.29, 1.82) is 0 Å². The number of ether oxygens (including phenoxy) is 1. The molecule has 1 N–H and O–H groups in total.